The molecular weight excluding hydrogens is 192 g/mol. The normalized spacial score (nSPS) is 10.0. The third kappa shape index (κ3) is 2.18. The summed E-state index contributed by atoms with van der Waals surface area (Å²) in [5, 5.41) is 18.8. The molecule has 0 saturated carbocycles. The fourth-order valence-electron chi connectivity index (χ4n) is 1.02. The first-order chi connectivity index (χ1) is 6.19. The van der Waals surface area contributed by atoms with E-state index in [0.717, 1.165) is 0 Å². The molecule has 0 fully saturated rings. The Morgan fingerprint density at radius 1 is 1.31 bits per heavy atom. The lowest BCUT2D eigenvalue weighted by Gasteiger charge is -2.08. The molecular formula is C9H11ClO3. The van der Waals surface area contributed by atoms with Crippen molar-refractivity contribution < 1.29 is 14.9 Å². The van der Waals surface area contributed by atoms with Crippen LogP contribution in [0.5, 0.6) is 17.2 Å². The van der Waals surface area contributed by atoms with Crippen LogP contribution in [0, 0.1) is 0 Å². The molecule has 0 saturated heterocycles. The van der Waals surface area contributed by atoms with Gasteiger partial charge in [0.15, 0.2) is 11.5 Å². The van der Waals surface area contributed by atoms with Crippen molar-refractivity contribution in [3.05, 3.63) is 17.7 Å². The Bertz CT molecular complexity index is 276. The summed E-state index contributed by atoms with van der Waals surface area (Å²) in [5.41, 5.74) is 0.653. The minimum Gasteiger partial charge on any atom is -0.504 e. The van der Waals surface area contributed by atoms with Crippen LogP contribution in [-0.4, -0.2) is 16.8 Å². The van der Waals surface area contributed by atoms with E-state index < -0.39 is 0 Å². The Hall–Kier alpha value is -1.09. The predicted molar refractivity (Wildman–Crippen MR) is 50.5 cm³/mol. The number of ether oxygens (including phenoxy) is 1. The Morgan fingerprint density at radius 2 is 1.85 bits per heavy atom. The highest BCUT2D eigenvalue weighted by molar-refractivity contribution is 6.17. The predicted octanol–water partition coefficient (Wildman–Crippen LogP) is 2.24. The number of hydrogen-bond donors (Lipinski definition) is 2. The smallest absolute Gasteiger partial charge is 0.203 e. The summed E-state index contributed by atoms with van der Waals surface area (Å²) in [5.74, 6) is 0.180. The van der Waals surface area contributed by atoms with E-state index in [4.69, 9.17) is 16.3 Å². The van der Waals surface area contributed by atoms with Crippen molar-refractivity contribution in [1.82, 2.24) is 0 Å². The lowest BCUT2D eigenvalue weighted by Crippen LogP contribution is -1.93. The van der Waals surface area contributed by atoms with Crippen molar-refractivity contribution in [2.24, 2.45) is 0 Å². The Kier molecular flexibility index (Phi) is 3.25. The summed E-state index contributed by atoms with van der Waals surface area (Å²) in [7, 11) is 0. The first-order valence-electron chi connectivity index (χ1n) is 3.92. The second-order valence-electron chi connectivity index (χ2n) is 2.53. The van der Waals surface area contributed by atoms with Crippen LogP contribution in [0.2, 0.25) is 0 Å². The number of alkyl halides is 1. The van der Waals surface area contributed by atoms with Crippen LogP contribution in [0.1, 0.15) is 12.5 Å². The van der Waals surface area contributed by atoms with Gasteiger partial charge in [0.2, 0.25) is 5.75 Å². The van der Waals surface area contributed by atoms with Crippen molar-refractivity contribution >= 4 is 11.6 Å². The lowest BCUT2D eigenvalue weighted by atomic mass is 10.2. The molecule has 2 N–H and O–H groups in total. The molecule has 0 aliphatic carbocycles. The number of phenolic OH excluding ortho intramolecular Hbond substituents is 2. The molecule has 4 heteroatoms. The number of aromatic hydroxyl groups is 2. The second kappa shape index (κ2) is 4.23. The molecule has 13 heavy (non-hydrogen) atoms. The molecule has 0 aliphatic heterocycles. The summed E-state index contributed by atoms with van der Waals surface area (Å²) in [6, 6.07) is 2.94. The molecule has 0 aromatic heterocycles. The Balaban J connectivity index is 3.07. The molecule has 0 atom stereocenters. The number of phenols is 2. The maximum Gasteiger partial charge on any atom is 0.203 e. The van der Waals surface area contributed by atoms with Gasteiger partial charge in [-0.15, -0.1) is 11.6 Å². The van der Waals surface area contributed by atoms with E-state index in [-0.39, 0.29) is 23.1 Å². The van der Waals surface area contributed by atoms with E-state index in [0.29, 0.717) is 12.2 Å². The topological polar surface area (TPSA) is 49.7 Å². The zero-order valence-electron chi connectivity index (χ0n) is 7.25. The monoisotopic (exact) mass is 202 g/mol. The van der Waals surface area contributed by atoms with Gasteiger partial charge in [0.1, 0.15) is 0 Å². The highest BCUT2D eigenvalue weighted by Gasteiger charge is 2.09. The van der Waals surface area contributed by atoms with Gasteiger partial charge in [-0.1, -0.05) is 0 Å². The molecule has 0 amide bonds. The van der Waals surface area contributed by atoms with Gasteiger partial charge in [0.05, 0.1) is 6.61 Å². The van der Waals surface area contributed by atoms with Crippen LogP contribution in [0.4, 0.5) is 0 Å². The molecule has 0 radical (unpaired) electrons. The van der Waals surface area contributed by atoms with Crippen LogP contribution < -0.4 is 4.74 Å². The average Bonchev–Trinajstić information content (AvgIpc) is 2.11. The number of hydrogen-bond acceptors (Lipinski definition) is 3. The fraction of sp³-hybridized carbons (Fsp3) is 0.333. The molecule has 0 spiro atoms. The van der Waals surface area contributed by atoms with Crippen LogP contribution in [-0.2, 0) is 5.88 Å². The van der Waals surface area contributed by atoms with Crippen molar-refractivity contribution in [1.29, 1.82) is 0 Å². The van der Waals surface area contributed by atoms with E-state index >= 15 is 0 Å². The molecule has 0 aliphatic rings. The van der Waals surface area contributed by atoms with E-state index in [1.807, 2.05) is 0 Å². The van der Waals surface area contributed by atoms with Gasteiger partial charge in [0.25, 0.3) is 0 Å². The molecule has 0 heterocycles. The molecule has 3 nitrogen and oxygen atoms in total. The van der Waals surface area contributed by atoms with Gasteiger partial charge in [-0.25, -0.2) is 0 Å². The quantitative estimate of drug-likeness (QED) is 0.740. The van der Waals surface area contributed by atoms with Crippen molar-refractivity contribution in [3.63, 3.8) is 0 Å². The van der Waals surface area contributed by atoms with Gasteiger partial charge in [-0.2, -0.15) is 0 Å². The molecule has 1 aromatic carbocycles. The second-order valence-corrected chi connectivity index (χ2v) is 2.80. The van der Waals surface area contributed by atoms with E-state index in [9.17, 15) is 10.2 Å². The fourth-order valence-corrected chi connectivity index (χ4v) is 1.18. The molecule has 0 bridgehead atoms. The third-order valence-corrected chi connectivity index (χ3v) is 1.86. The van der Waals surface area contributed by atoms with Gasteiger partial charge < -0.3 is 14.9 Å². The van der Waals surface area contributed by atoms with Gasteiger partial charge >= 0.3 is 0 Å². The highest BCUT2D eigenvalue weighted by atomic mass is 35.5. The van der Waals surface area contributed by atoms with Crippen LogP contribution in [0.25, 0.3) is 0 Å². The van der Waals surface area contributed by atoms with E-state index in [1.54, 1.807) is 6.92 Å². The zero-order chi connectivity index (χ0) is 9.84. The summed E-state index contributed by atoms with van der Waals surface area (Å²) in [4.78, 5) is 0. The van der Waals surface area contributed by atoms with Crippen LogP contribution in [0.15, 0.2) is 12.1 Å². The van der Waals surface area contributed by atoms with E-state index in [1.165, 1.54) is 12.1 Å². The first kappa shape index (κ1) is 9.99. The van der Waals surface area contributed by atoms with Crippen LogP contribution >= 0.6 is 11.6 Å². The summed E-state index contributed by atoms with van der Waals surface area (Å²) in [6.07, 6.45) is 0. The Labute approximate surface area is 81.5 Å². The summed E-state index contributed by atoms with van der Waals surface area (Å²) in [6.45, 7) is 2.16. The standard InChI is InChI=1S/C9H11ClO3/c1-2-13-9-7(11)3-6(5-10)4-8(9)12/h3-4,11-12H,2,5H2,1H3. The van der Waals surface area contributed by atoms with Gasteiger partial charge in [-0.05, 0) is 24.6 Å². The third-order valence-electron chi connectivity index (χ3n) is 1.55. The zero-order valence-corrected chi connectivity index (χ0v) is 8.01. The first-order valence-corrected chi connectivity index (χ1v) is 4.46. The van der Waals surface area contributed by atoms with Gasteiger partial charge in [0, 0.05) is 5.88 Å². The van der Waals surface area contributed by atoms with E-state index in [2.05, 4.69) is 0 Å². The number of rotatable bonds is 3. The highest BCUT2D eigenvalue weighted by Crippen LogP contribution is 2.37. The van der Waals surface area contributed by atoms with Gasteiger partial charge in [-0.3, -0.25) is 0 Å². The minimum atomic E-state index is -0.0856. The largest absolute Gasteiger partial charge is 0.504 e. The summed E-state index contributed by atoms with van der Waals surface area (Å²) >= 11 is 5.54. The molecule has 1 rings (SSSR count). The molecule has 72 valence electrons. The van der Waals surface area contributed by atoms with Crippen molar-refractivity contribution in [2.45, 2.75) is 12.8 Å². The lowest BCUT2D eigenvalue weighted by molar-refractivity contribution is 0.298. The molecule has 1 aromatic rings. The van der Waals surface area contributed by atoms with Crippen LogP contribution in [0.3, 0.4) is 0 Å². The maximum absolute atomic E-state index is 9.39. The Morgan fingerprint density at radius 3 is 2.23 bits per heavy atom. The minimum absolute atomic E-state index is 0.0856. The molecule has 0 unspecified atom stereocenters. The SMILES string of the molecule is CCOc1c(O)cc(CCl)cc1O. The average molecular weight is 203 g/mol. The number of benzene rings is 1. The maximum atomic E-state index is 9.39. The van der Waals surface area contributed by atoms with Crippen molar-refractivity contribution in [3.8, 4) is 17.2 Å². The summed E-state index contributed by atoms with van der Waals surface area (Å²) < 4.78 is 5.02. The van der Waals surface area contributed by atoms with Crippen molar-refractivity contribution in [2.75, 3.05) is 6.61 Å². The number of halogens is 1.